The number of carbonyl (C=O) groups is 1. The largest absolute Gasteiger partial charge is 0.298 e. The molecular formula is C10H7BrN2O. The predicted molar refractivity (Wildman–Crippen MR) is 56.7 cm³/mol. The molecule has 2 rings (SSSR count). The molecule has 0 atom stereocenters. The van der Waals surface area contributed by atoms with Crippen molar-refractivity contribution in [2.24, 2.45) is 0 Å². The van der Waals surface area contributed by atoms with Crippen LogP contribution in [-0.4, -0.2) is 16.1 Å². The number of aromatic nitrogens is 2. The molecule has 0 saturated heterocycles. The highest BCUT2D eigenvalue weighted by Gasteiger charge is 1.98. The Labute approximate surface area is 89.5 Å². The summed E-state index contributed by atoms with van der Waals surface area (Å²) in [7, 11) is 0. The summed E-state index contributed by atoms with van der Waals surface area (Å²) in [6, 6.07) is 7.22. The number of hydrogen-bond donors (Lipinski definition) is 0. The second-order valence-electron chi connectivity index (χ2n) is 2.81. The zero-order valence-electron chi connectivity index (χ0n) is 7.22. The predicted octanol–water partition coefficient (Wildman–Crippen LogP) is 2.45. The van der Waals surface area contributed by atoms with Crippen molar-refractivity contribution in [1.82, 2.24) is 9.78 Å². The van der Waals surface area contributed by atoms with Gasteiger partial charge in [-0.1, -0.05) is 0 Å². The van der Waals surface area contributed by atoms with Crippen molar-refractivity contribution in [2.75, 3.05) is 0 Å². The molecule has 0 aliphatic carbocycles. The standard InChI is InChI=1S/C10H7BrN2O/c11-9-5-12-13(6-9)10-3-1-8(7-14)2-4-10/h1-7H. The van der Waals surface area contributed by atoms with Crippen LogP contribution < -0.4 is 0 Å². The Bertz CT molecular complexity index is 447. The summed E-state index contributed by atoms with van der Waals surface area (Å²) >= 11 is 3.32. The molecule has 0 radical (unpaired) electrons. The van der Waals surface area contributed by atoms with Gasteiger partial charge in [-0.2, -0.15) is 5.10 Å². The molecule has 0 amide bonds. The first-order valence-electron chi connectivity index (χ1n) is 4.05. The SMILES string of the molecule is O=Cc1ccc(-n2cc(Br)cn2)cc1. The van der Waals surface area contributed by atoms with Gasteiger partial charge in [-0.3, -0.25) is 4.79 Å². The van der Waals surface area contributed by atoms with Crippen LogP contribution in [0, 0.1) is 0 Å². The lowest BCUT2D eigenvalue weighted by molar-refractivity contribution is 0.112. The Hall–Kier alpha value is -1.42. The molecule has 1 aromatic carbocycles. The number of benzene rings is 1. The van der Waals surface area contributed by atoms with Gasteiger partial charge < -0.3 is 0 Å². The van der Waals surface area contributed by atoms with Gasteiger partial charge in [0.2, 0.25) is 0 Å². The lowest BCUT2D eigenvalue weighted by Gasteiger charge is -1.99. The lowest BCUT2D eigenvalue weighted by atomic mass is 10.2. The molecule has 2 aromatic rings. The van der Waals surface area contributed by atoms with Crippen molar-refractivity contribution in [3.05, 3.63) is 46.7 Å². The first-order valence-corrected chi connectivity index (χ1v) is 4.85. The molecule has 0 N–H and O–H groups in total. The molecule has 0 aliphatic rings. The van der Waals surface area contributed by atoms with Crippen molar-refractivity contribution in [3.63, 3.8) is 0 Å². The first kappa shape index (κ1) is 9.15. The van der Waals surface area contributed by atoms with Gasteiger partial charge in [0.1, 0.15) is 6.29 Å². The van der Waals surface area contributed by atoms with E-state index in [9.17, 15) is 4.79 Å². The number of nitrogens with zero attached hydrogens (tertiary/aromatic N) is 2. The van der Waals surface area contributed by atoms with E-state index >= 15 is 0 Å². The summed E-state index contributed by atoms with van der Waals surface area (Å²) in [5.74, 6) is 0. The van der Waals surface area contributed by atoms with E-state index < -0.39 is 0 Å². The molecule has 1 aromatic heterocycles. The topological polar surface area (TPSA) is 34.9 Å². The van der Waals surface area contributed by atoms with E-state index in [1.807, 2.05) is 18.3 Å². The third-order valence-electron chi connectivity index (χ3n) is 1.84. The van der Waals surface area contributed by atoms with E-state index in [1.54, 1.807) is 23.0 Å². The smallest absolute Gasteiger partial charge is 0.150 e. The maximum absolute atomic E-state index is 10.4. The van der Waals surface area contributed by atoms with Gasteiger partial charge in [0.25, 0.3) is 0 Å². The fourth-order valence-corrected chi connectivity index (χ4v) is 1.43. The Balaban J connectivity index is 2.38. The fourth-order valence-electron chi connectivity index (χ4n) is 1.15. The second kappa shape index (κ2) is 3.75. The van der Waals surface area contributed by atoms with Crippen LogP contribution in [-0.2, 0) is 0 Å². The summed E-state index contributed by atoms with van der Waals surface area (Å²) in [5, 5.41) is 4.12. The molecule has 0 spiro atoms. The lowest BCUT2D eigenvalue weighted by Crippen LogP contribution is -1.93. The summed E-state index contributed by atoms with van der Waals surface area (Å²) in [5.41, 5.74) is 1.60. The van der Waals surface area contributed by atoms with Crippen LogP contribution in [0.2, 0.25) is 0 Å². The molecular weight excluding hydrogens is 244 g/mol. The fraction of sp³-hybridized carbons (Fsp3) is 0. The molecule has 0 bridgehead atoms. The number of rotatable bonds is 2. The molecule has 0 saturated carbocycles. The third-order valence-corrected chi connectivity index (χ3v) is 2.25. The van der Waals surface area contributed by atoms with Crippen molar-refractivity contribution in [3.8, 4) is 5.69 Å². The average Bonchev–Trinajstić information content (AvgIpc) is 2.65. The minimum absolute atomic E-state index is 0.667. The quantitative estimate of drug-likeness (QED) is 0.768. The van der Waals surface area contributed by atoms with E-state index in [4.69, 9.17) is 0 Å². The number of hydrogen-bond acceptors (Lipinski definition) is 2. The Morgan fingerprint density at radius 2 is 2.00 bits per heavy atom. The molecule has 0 aliphatic heterocycles. The maximum Gasteiger partial charge on any atom is 0.150 e. The van der Waals surface area contributed by atoms with Gasteiger partial charge in [0.05, 0.1) is 16.4 Å². The van der Waals surface area contributed by atoms with Crippen LogP contribution in [0.25, 0.3) is 5.69 Å². The van der Waals surface area contributed by atoms with Crippen LogP contribution >= 0.6 is 15.9 Å². The molecule has 70 valence electrons. The van der Waals surface area contributed by atoms with Gasteiger partial charge in [-0.05, 0) is 40.2 Å². The first-order chi connectivity index (χ1) is 6.79. The maximum atomic E-state index is 10.4. The minimum atomic E-state index is 0.667. The molecule has 0 fully saturated rings. The Morgan fingerprint density at radius 3 is 2.50 bits per heavy atom. The highest BCUT2D eigenvalue weighted by molar-refractivity contribution is 9.10. The van der Waals surface area contributed by atoms with E-state index in [1.165, 1.54) is 0 Å². The normalized spacial score (nSPS) is 10.1. The van der Waals surface area contributed by atoms with Crippen molar-refractivity contribution < 1.29 is 4.79 Å². The molecule has 0 unspecified atom stereocenters. The van der Waals surface area contributed by atoms with Crippen LogP contribution in [0.3, 0.4) is 0 Å². The van der Waals surface area contributed by atoms with E-state index in [0.29, 0.717) is 5.56 Å². The number of halogens is 1. The van der Waals surface area contributed by atoms with Crippen molar-refractivity contribution in [1.29, 1.82) is 0 Å². The van der Waals surface area contributed by atoms with Gasteiger partial charge in [-0.25, -0.2) is 4.68 Å². The summed E-state index contributed by atoms with van der Waals surface area (Å²) in [6.45, 7) is 0. The van der Waals surface area contributed by atoms with E-state index in [2.05, 4.69) is 21.0 Å². The molecule has 3 nitrogen and oxygen atoms in total. The summed E-state index contributed by atoms with van der Waals surface area (Å²) in [6.07, 6.45) is 4.40. The molecule has 1 heterocycles. The van der Waals surface area contributed by atoms with Crippen molar-refractivity contribution in [2.45, 2.75) is 0 Å². The van der Waals surface area contributed by atoms with Gasteiger partial charge >= 0.3 is 0 Å². The Morgan fingerprint density at radius 1 is 1.29 bits per heavy atom. The number of aldehydes is 1. The summed E-state index contributed by atoms with van der Waals surface area (Å²) in [4.78, 5) is 10.4. The van der Waals surface area contributed by atoms with Gasteiger partial charge in [-0.15, -0.1) is 0 Å². The third kappa shape index (κ3) is 1.75. The monoisotopic (exact) mass is 250 g/mol. The van der Waals surface area contributed by atoms with E-state index in [0.717, 1.165) is 16.4 Å². The van der Waals surface area contributed by atoms with Crippen molar-refractivity contribution >= 4 is 22.2 Å². The van der Waals surface area contributed by atoms with Crippen LogP contribution in [0.1, 0.15) is 10.4 Å². The zero-order chi connectivity index (χ0) is 9.97. The highest BCUT2D eigenvalue weighted by atomic mass is 79.9. The molecule has 14 heavy (non-hydrogen) atoms. The van der Waals surface area contributed by atoms with Gasteiger partial charge in [0, 0.05) is 11.8 Å². The highest BCUT2D eigenvalue weighted by Crippen LogP contribution is 2.12. The second-order valence-corrected chi connectivity index (χ2v) is 3.73. The zero-order valence-corrected chi connectivity index (χ0v) is 8.81. The Kier molecular flexibility index (Phi) is 2.45. The van der Waals surface area contributed by atoms with Crippen LogP contribution in [0.5, 0.6) is 0 Å². The summed E-state index contributed by atoms with van der Waals surface area (Å²) < 4.78 is 2.66. The minimum Gasteiger partial charge on any atom is -0.298 e. The van der Waals surface area contributed by atoms with Crippen LogP contribution in [0.15, 0.2) is 41.1 Å². The molecule has 4 heteroatoms. The van der Waals surface area contributed by atoms with E-state index in [-0.39, 0.29) is 0 Å². The average molecular weight is 251 g/mol. The number of carbonyl (C=O) groups excluding carboxylic acids is 1. The van der Waals surface area contributed by atoms with Gasteiger partial charge in [0.15, 0.2) is 0 Å². The van der Waals surface area contributed by atoms with Crippen LogP contribution in [0.4, 0.5) is 0 Å².